The van der Waals surface area contributed by atoms with Crippen molar-refractivity contribution in [3.8, 4) is 0 Å². The van der Waals surface area contributed by atoms with E-state index in [4.69, 9.17) is 21.8 Å². The summed E-state index contributed by atoms with van der Waals surface area (Å²) in [4.78, 5) is 37.9. The second-order valence-corrected chi connectivity index (χ2v) is 14.8. The number of para-hydroxylation sites is 2. The number of ketones is 1. The van der Waals surface area contributed by atoms with Gasteiger partial charge in [-0.3, -0.25) is 14.4 Å². The lowest BCUT2D eigenvalue weighted by Crippen LogP contribution is -2.28. The highest BCUT2D eigenvalue weighted by atomic mass is 35.5. The number of carboxylic acid groups (broad SMARTS) is 2. The van der Waals surface area contributed by atoms with Gasteiger partial charge in [-0.05, 0) is 105 Å². The number of hydrogen-bond donors (Lipinski definition) is 3. The number of unbranched alkanes of at least 4 members (excludes halogenated alkanes) is 4. The molecule has 7 nitrogen and oxygen atoms in total. The van der Waals surface area contributed by atoms with Crippen LogP contribution in [-0.2, 0) is 25.2 Å². The molecule has 2 aromatic carbocycles. The van der Waals surface area contributed by atoms with Gasteiger partial charge in [-0.15, -0.1) is 0 Å². The molecule has 0 bridgehead atoms. The lowest BCUT2D eigenvalue weighted by atomic mass is 9.79. The van der Waals surface area contributed by atoms with Gasteiger partial charge in [-0.25, -0.2) is 0 Å². The number of nitrogens with one attached hydrogen (secondary N) is 1. The highest BCUT2D eigenvalue weighted by Crippen LogP contribution is 2.48. The molecule has 268 valence electrons. The molecule has 0 atom stereocenters. The van der Waals surface area contributed by atoms with Crippen LogP contribution in [0.5, 0.6) is 0 Å². The second-order valence-electron chi connectivity index (χ2n) is 14.4. The van der Waals surface area contributed by atoms with Crippen LogP contribution < -0.4 is 10.2 Å². The Hall–Kier alpha value is -4.10. The molecule has 0 unspecified atom stereocenters. The number of fused-ring (bicyclic) bond motifs is 1. The Morgan fingerprint density at radius 1 is 0.880 bits per heavy atom. The van der Waals surface area contributed by atoms with Crippen LogP contribution in [0.15, 0.2) is 94.7 Å². The molecule has 0 saturated carbocycles. The Balaban J connectivity index is 1.49. The Morgan fingerprint density at radius 2 is 1.54 bits per heavy atom. The fourth-order valence-electron chi connectivity index (χ4n) is 6.99. The maximum Gasteiger partial charge on any atom is 0.303 e. The van der Waals surface area contributed by atoms with Crippen molar-refractivity contribution in [2.75, 3.05) is 23.3 Å². The van der Waals surface area contributed by atoms with Crippen molar-refractivity contribution in [3.05, 3.63) is 106 Å². The Morgan fingerprint density at radius 3 is 2.26 bits per heavy atom. The molecular formula is C42H53ClN2O5. The average molecular weight is 701 g/mol. The van der Waals surface area contributed by atoms with Crippen molar-refractivity contribution in [2.24, 2.45) is 0 Å². The monoisotopic (exact) mass is 700 g/mol. The minimum atomic E-state index is -0.770. The van der Waals surface area contributed by atoms with Crippen LogP contribution in [0.25, 0.3) is 0 Å². The molecule has 0 saturated heterocycles. The van der Waals surface area contributed by atoms with Crippen molar-refractivity contribution in [1.29, 1.82) is 0 Å². The predicted molar refractivity (Wildman–Crippen MR) is 204 cm³/mol. The maximum absolute atomic E-state index is 13.7. The van der Waals surface area contributed by atoms with Gasteiger partial charge in [0, 0.05) is 53.5 Å². The second kappa shape index (κ2) is 17.7. The minimum absolute atomic E-state index is 0.00661. The number of carbonyl (C=O) groups excluding carboxylic acids is 1. The van der Waals surface area contributed by atoms with Gasteiger partial charge in [-0.2, -0.15) is 0 Å². The molecule has 8 heteroatoms. The first-order chi connectivity index (χ1) is 23.8. The van der Waals surface area contributed by atoms with Gasteiger partial charge in [0.25, 0.3) is 0 Å². The Bertz CT molecular complexity index is 1670. The fourth-order valence-corrected chi connectivity index (χ4v) is 7.31. The summed E-state index contributed by atoms with van der Waals surface area (Å²) in [5, 5.41) is 22.1. The average Bonchev–Trinajstić information content (AvgIpc) is 3.29. The van der Waals surface area contributed by atoms with Crippen LogP contribution in [0.2, 0.25) is 0 Å². The fraction of sp³-hybridized carbons (Fsp3) is 0.452. The number of carboxylic acids is 2. The summed E-state index contributed by atoms with van der Waals surface area (Å²) in [6.45, 7) is 9.91. The molecule has 0 spiro atoms. The van der Waals surface area contributed by atoms with Gasteiger partial charge in [-0.1, -0.05) is 86.8 Å². The van der Waals surface area contributed by atoms with Crippen molar-refractivity contribution in [3.63, 3.8) is 0 Å². The number of halogens is 1. The smallest absolute Gasteiger partial charge is 0.303 e. The van der Waals surface area contributed by atoms with Gasteiger partial charge < -0.3 is 20.4 Å². The number of nitrogens with zero attached hydrogens (tertiary/aromatic N) is 1. The predicted octanol–water partition coefficient (Wildman–Crippen LogP) is 10.1. The van der Waals surface area contributed by atoms with Crippen LogP contribution in [0, 0.1) is 0 Å². The summed E-state index contributed by atoms with van der Waals surface area (Å²) in [6, 6.07) is 16.4. The van der Waals surface area contributed by atoms with E-state index in [9.17, 15) is 14.4 Å². The molecule has 2 aliphatic rings. The molecule has 2 aromatic rings. The van der Waals surface area contributed by atoms with Crippen molar-refractivity contribution >= 4 is 40.7 Å². The summed E-state index contributed by atoms with van der Waals surface area (Å²) in [5.74, 6) is -1.52. The number of anilines is 2. The van der Waals surface area contributed by atoms with E-state index in [1.54, 1.807) is 6.08 Å². The molecule has 0 fully saturated rings. The van der Waals surface area contributed by atoms with Crippen LogP contribution in [0.4, 0.5) is 11.4 Å². The lowest BCUT2D eigenvalue weighted by Gasteiger charge is -2.27. The molecule has 1 aliphatic heterocycles. The quantitative estimate of drug-likeness (QED) is 0.105. The Labute approximate surface area is 302 Å². The molecule has 1 aliphatic carbocycles. The van der Waals surface area contributed by atoms with Crippen molar-refractivity contribution in [1.82, 2.24) is 0 Å². The molecule has 4 rings (SSSR count). The Kier molecular flexibility index (Phi) is 13.7. The van der Waals surface area contributed by atoms with Crippen LogP contribution in [-0.4, -0.2) is 41.0 Å². The van der Waals surface area contributed by atoms with Gasteiger partial charge in [0.1, 0.15) is 0 Å². The number of carbonyl (C=O) groups is 3. The van der Waals surface area contributed by atoms with E-state index in [0.717, 1.165) is 73.9 Å². The van der Waals surface area contributed by atoms with E-state index in [1.807, 2.05) is 44.2 Å². The lowest BCUT2D eigenvalue weighted by molar-refractivity contribution is -0.138. The number of allylic oxidation sites excluding steroid dienone is 8. The molecule has 50 heavy (non-hydrogen) atoms. The highest BCUT2D eigenvalue weighted by Gasteiger charge is 2.39. The molecule has 3 N–H and O–H groups in total. The van der Waals surface area contributed by atoms with Gasteiger partial charge in [0.05, 0.1) is 5.41 Å². The number of hydrogen-bond acceptors (Lipinski definition) is 5. The van der Waals surface area contributed by atoms with Gasteiger partial charge >= 0.3 is 11.9 Å². The largest absolute Gasteiger partial charge is 0.481 e. The molecular weight excluding hydrogens is 648 g/mol. The van der Waals surface area contributed by atoms with Crippen LogP contribution >= 0.6 is 11.6 Å². The third kappa shape index (κ3) is 9.78. The summed E-state index contributed by atoms with van der Waals surface area (Å²) in [6.07, 6.45) is 15.7. The maximum atomic E-state index is 13.7. The SMILES string of the molecule is CC(C)(C(=O)C=CC1=C(Cl)C(=CC=C2N(CCCCCC(=O)O)c3ccccc3C2(C)C)CCC1)c1ccccc1NCCCCCC(=O)O. The van der Waals surface area contributed by atoms with E-state index >= 15 is 0 Å². The van der Waals surface area contributed by atoms with E-state index in [2.05, 4.69) is 60.5 Å². The van der Waals surface area contributed by atoms with Gasteiger partial charge in [0.2, 0.25) is 0 Å². The van der Waals surface area contributed by atoms with Crippen molar-refractivity contribution in [2.45, 2.75) is 109 Å². The van der Waals surface area contributed by atoms with E-state index in [1.165, 1.54) is 16.9 Å². The number of aliphatic carboxylic acids is 2. The molecule has 0 radical (unpaired) electrons. The summed E-state index contributed by atoms with van der Waals surface area (Å²) < 4.78 is 0. The number of rotatable bonds is 18. The van der Waals surface area contributed by atoms with E-state index in [0.29, 0.717) is 24.4 Å². The zero-order valence-corrected chi connectivity index (χ0v) is 30.8. The zero-order chi connectivity index (χ0) is 36.3. The standard InChI is InChI=1S/C42H53ClN2O5/c1-41(2)33-19-10-12-21-35(33)45(29-14-6-8-23-39(49)50)36(41)26-24-30-16-15-17-31(40(30)43)25-27-37(46)42(3,4)32-18-9-11-20-34(32)44-28-13-5-7-22-38(47)48/h9-12,18-21,24-27,44H,5-8,13-17,22-23,28-29H2,1-4H3,(H,47,48)(H,49,50). The van der Waals surface area contributed by atoms with Crippen LogP contribution in [0.1, 0.15) is 109 Å². The molecule has 0 amide bonds. The first kappa shape index (κ1) is 38.7. The summed E-state index contributed by atoms with van der Waals surface area (Å²) in [5.41, 5.74) is 6.55. The van der Waals surface area contributed by atoms with E-state index in [-0.39, 0.29) is 24.0 Å². The first-order valence-electron chi connectivity index (χ1n) is 18.0. The number of benzene rings is 2. The minimum Gasteiger partial charge on any atom is -0.481 e. The highest BCUT2D eigenvalue weighted by molar-refractivity contribution is 6.32. The normalized spacial score (nSPS) is 17.5. The zero-order valence-electron chi connectivity index (χ0n) is 30.1. The first-order valence-corrected chi connectivity index (χ1v) is 18.4. The third-order valence-electron chi connectivity index (χ3n) is 10.0. The van der Waals surface area contributed by atoms with Gasteiger partial charge in [0.15, 0.2) is 5.78 Å². The summed E-state index contributed by atoms with van der Waals surface area (Å²) >= 11 is 7.04. The van der Waals surface area contributed by atoms with Crippen molar-refractivity contribution < 1.29 is 24.6 Å². The van der Waals surface area contributed by atoms with Crippen LogP contribution in [0.3, 0.4) is 0 Å². The summed E-state index contributed by atoms with van der Waals surface area (Å²) in [7, 11) is 0. The third-order valence-corrected chi connectivity index (χ3v) is 10.5. The molecule has 1 heterocycles. The van der Waals surface area contributed by atoms with E-state index < -0.39 is 17.4 Å². The topological polar surface area (TPSA) is 107 Å². The molecule has 0 aromatic heterocycles.